The Hall–Kier alpha value is -1.91. The molecule has 2 aromatic rings. The van der Waals surface area contributed by atoms with Crippen molar-refractivity contribution in [3.05, 3.63) is 28.7 Å². The number of esters is 1. The van der Waals surface area contributed by atoms with Crippen LogP contribution in [0.1, 0.15) is 34.4 Å². The van der Waals surface area contributed by atoms with Crippen LogP contribution in [0.15, 0.2) is 6.07 Å². The fourth-order valence-corrected chi connectivity index (χ4v) is 1.87. The van der Waals surface area contributed by atoms with Crippen molar-refractivity contribution in [2.45, 2.75) is 27.7 Å². The zero-order valence-corrected chi connectivity index (χ0v) is 10.4. The maximum atomic E-state index is 11.8. The summed E-state index contributed by atoms with van der Waals surface area (Å²) < 4.78 is 6.58. The maximum Gasteiger partial charge on any atom is 0.358 e. The molecule has 0 bridgehead atoms. The second kappa shape index (κ2) is 4.16. The van der Waals surface area contributed by atoms with Crippen LogP contribution in [0.25, 0.3) is 5.65 Å². The maximum absolute atomic E-state index is 11.8. The van der Waals surface area contributed by atoms with E-state index in [2.05, 4.69) is 10.1 Å². The topological polar surface area (TPSA) is 56.5 Å². The highest BCUT2D eigenvalue weighted by molar-refractivity contribution is 5.90. The number of rotatable bonds is 2. The molecule has 0 aliphatic rings. The van der Waals surface area contributed by atoms with E-state index in [1.807, 2.05) is 19.9 Å². The highest BCUT2D eigenvalue weighted by atomic mass is 16.5. The molecule has 0 aliphatic heterocycles. The summed E-state index contributed by atoms with van der Waals surface area (Å²) in [5.74, 6) is -0.380. The van der Waals surface area contributed by atoms with Crippen molar-refractivity contribution in [3.63, 3.8) is 0 Å². The van der Waals surface area contributed by atoms with Gasteiger partial charge in [-0.25, -0.2) is 14.3 Å². The fraction of sp³-hybridized carbons (Fsp3) is 0.417. The van der Waals surface area contributed by atoms with Gasteiger partial charge in [0, 0.05) is 0 Å². The molecule has 0 atom stereocenters. The first-order valence-electron chi connectivity index (χ1n) is 5.55. The van der Waals surface area contributed by atoms with Gasteiger partial charge in [-0.1, -0.05) is 0 Å². The van der Waals surface area contributed by atoms with Gasteiger partial charge >= 0.3 is 5.97 Å². The minimum atomic E-state index is -0.380. The molecule has 0 saturated heterocycles. The van der Waals surface area contributed by atoms with Gasteiger partial charge in [-0.2, -0.15) is 5.10 Å². The van der Waals surface area contributed by atoms with E-state index < -0.39 is 0 Å². The van der Waals surface area contributed by atoms with E-state index in [9.17, 15) is 4.79 Å². The molecule has 2 heterocycles. The third-order valence-electron chi connectivity index (χ3n) is 2.53. The second-order valence-corrected chi connectivity index (χ2v) is 3.97. The zero-order chi connectivity index (χ0) is 12.6. The largest absolute Gasteiger partial charge is 0.461 e. The Bertz CT molecular complexity index is 587. The lowest BCUT2D eigenvalue weighted by atomic mass is 10.3. The molecule has 0 saturated carbocycles. The number of hydrogen-bond acceptors (Lipinski definition) is 4. The summed E-state index contributed by atoms with van der Waals surface area (Å²) in [5, 5.41) is 4.31. The molecule has 0 radical (unpaired) electrons. The zero-order valence-electron chi connectivity index (χ0n) is 10.4. The van der Waals surface area contributed by atoms with Crippen LogP contribution in [0.4, 0.5) is 0 Å². The van der Waals surface area contributed by atoms with Crippen molar-refractivity contribution in [3.8, 4) is 0 Å². The van der Waals surface area contributed by atoms with Crippen molar-refractivity contribution in [1.29, 1.82) is 0 Å². The highest BCUT2D eigenvalue weighted by Gasteiger charge is 2.19. The number of ether oxygens (including phenoxy) is 1. The molecule has 2 rings (SSSR count). The number of carbonyl (C=O) groups is 1. The highest BCUT2D eigenvalue weighted by Crippen LogP contribution is 2.15. The summed E-state index contributed by atoms with van der Waals surface area (Å²) in [7, 11) is 0. The Morgan fingerprint density at radius 2 is 2.12 bits per heavy atom. The van der Waals surface area contributed by atoms with Crippen LogP contribution in [-0.4, -0.2) is 27.2 Å². The minimum absolute atomic E-state index is 0.344. The molecule has 2 aromatic heterocycles. The number of fused-ring (bicyclic) bond motifs is 1. The van der Waals surface area contributed by atoms with Crippen molar-refractivity contribution >= 4 is 11.6 Å². The standard InChI is InChI=1S/C12H15N3O2/c1-5-17-12(16)10-9(4)13-11-7(2)6-8(3)14-15(10)11/h6H,5H2,1-4H3. The number of hydrogen-bond donors (Lipinski definition) is 0. The summed E-state index contributed by atoms with van der Waals surface area (Å²) in [5.41, 5.74) is 3.60. The molecule has 0 amide bonds. The lowest BCUT2D eigenvalue weighted by Crippen LogP contribution is -2.11. The van der Waals surface area contributed by atoms with Gasteiger partial charge in [0.2, 0.25) is 0 Å². The quantitative estimate of drug-likeness (QED) is 0.742. The molecule has 90 valence electrons. The van der Waals surface area contributed by atoms with Gasteiger partial charge in [0.25, 0.3) is 0 Å². The van der Waals surface area contributed by atoms with Crippen LogP contribution in [0.5, 0.6) is 0 Å². The van der Waals surface area contributed by atoms with Gasteiger partial charge in [0.1, 0.15) is 0 Å². The lowest BCUT2D eigenvalue weighted by Gasteiger charge is -2.03. The average molecular weight is 233 g/mol. The number of aryl methyl sites for hydroxylation is 3. The molecule has 0 aliphatic carbocycles. The number of imidazole rings is 1. The van der Waals surface area contributed by atoms with Crippen LogP contribution in [0.3, 0.4) is 0 Å². The average Bonchev–Trinajstić information content (AvgIpc) is 2.55. The Morgan fingerprint density at radius 3 is 2.76 bits per heavy atom. The molecule has 5 heteroatoms. The van der Waals surface area contributed by atoms with Crippen LogP contribution < -0.4 is 0 Å². The smallest absolute Gasteiger partial charge is 0.358 e. The summed E-state index contributed by atoms with van der Waals surface area (Å²) in [6.45, 7) is 7.74. The first-order chi connectivity index (χ1) is 8.04. The van der Waals surface area contributed by atoms with Crippen molar-refractivity contribution in [1.82, 2.24) is 14.6 Å². The summed E-state index contributed by atoms with van der Waals surface area (Å²) in [6, 6.07) is 1.94. The first kappa shape index (κ1) is 11.6. The Labute approximate surface area is 99.4 Å². The van der Waals surface area contributed by atoms with Crippen LogP contribution in [0.2, 0.25) is 0 Å². The molecular formula is C12H15N3O2. The molecule has 0 aromatic carbocycles. The van der Waals surface area contributed by atoms with E-state index in [1.165, 1.54) is 0 Å². The molecule has 17 heavy (non-hydrogen) atoms. The van der Waals surface area contributed by atoms with Gasteiger partial charge < -0.3 is 4.74 Å². The summed E-state index contributed by atoms with van der Waals surface area (Å²) in [6.07, 6.45) is 0. The van der Waals surface area contributed by atoms with Gasteiger partial charge in [0.05, 0.1) is 18.0 Å². The normalized spacial score (nSPS) is 10.8. The first-order valence-corrected chi connectivity index (χ1v) is 5.55. The minimum Gasteiger partial charge on any atom is -0.461 e. The third kappa shape index (κ3) is 1.88. The molecule has 0 spiro atoms. The molecule has 0 fully saturated rings. The van der Waals surface area contributed by atoms with Gasteiger partial charge in [-0.15, -0.1) is 0 Å². The molecule has 5 nitrogen and oxygen atoms in total. The second-order valence-electron chi connectivity index (χ2n) is 3.97. The lowest BCUT2D eigenvalue weighted by molar-refractivity contribution is 0.0516. The van der Waals surface area contributed by atoms with E-state index in [4.69, 9.17) is 4.74 Å². The van der Waals surface area contributed by atoms with Crippen LogP contribution >= 0.6 is 0 Å². The number of nitrogens with zero attached hydrogens (tertiary/aromatic N) is 3. The monoisotopic (exact) mass is 233 g/mol. The van der Waals surface area contributed by atoms with E-state index in [0.29, 0.717) is 23.6 Å². The van der Waals surface area contributed by atoms with Gasteiger partial charge in [-0.05, 0) is 39.3 Å². The predicted molar refractivity (Wildman–Crippen MR) is 63.2 cm³/mol. The van der Waals surface area contributed by atoms with E-state index >= 15 is 0 Å². The van der Waals surface area contributed by atoms with Crippen molar-refractivity contribution in [2.75, 3.05) is 6.61 Å². The number of aromatic nitrogens is 3. The van der Waals surface area contributed by atoms with Crippen LogP contribution in [-0.2, 0) is 4.74 Å². The predicted octanol–water partition coefficient (Wildman–Crippen LogP) is 1.83. The van der Waals surface area contributed by atoms with Gasteiger partial charge in [-0.3, -0.25) is 0 Å². The summed E-state index contributed by atoms with van der Waals surface area (Å²) in [4.78, 5) is 16.2. The SMILES string of the molecule is CCOC(=O)c1c(C)nc2c(C)cc(C)nn12. The Morgan fingerprint density at radius 1 is 1.41 bits per heavy atom. The van der Waals surface area contributed by atoms with E-state index in [0.717, 1.165) is 11.3 Å². The van der Waals surface area contributed by atoms with E-state index in [1.54, 1.807) is 18.4 Å². The third-order valence-corrected chi connectivity index (χ3v) is 2.53. The Balaban J connectivity index is 2.70. The van der Waals surface area contributed by atoms with Crippen molar-refractivity contribution < 1.29 is 9.53 Å². The summed E-state index contributed by atoms with van der Waals surface area (Å²) >= 11 is 0. The number of carbonyl (C=O) groups excluding carboxylic acids is 1. The van der Waals surface area contributed by atoms with Crippen molar-refractivity contribution in [2.24, 2.45) is 0 Å². The Kier molecular flexibility index (Phi) is 2.83. The molecule has 0 unspecified atom stereocenters. The molecular weight excluding hydrogens is 218 g/mol. The molecule has 0 N–H and O–H groups in total. The van der Waals surface area contributed by atoms with Gasteiger partial charge in [0.15, 0.2) is 11.3 Å². The van der Waals surface area contributed by atoms with Crippen LogP contribution in [0, 0.1) is 20.8 Å². The fourth-order valence-electron chi connectivity index (χ4n) is 1.87. The van der Waals surface area contributed by atoms with E-state index in [-0.39, 0.29) is 5.97 Å².